The Balaban J connectivity index is 0.00000900. The molecule has 0 saturated carbocycles. The lowest BCUT2D eigenvalue weighted by Crippen LogP contribution is -2.47. The number of rotatable bonds is 7. The van der Waals surface area contributed by atoms with Gasteiger partial charge in [-0.15, -0.1) is 24.0 Å². The summed E-state index contributed by atoms with van der Waals surface area (Å²) >= 11 is 0. The molecule has 1 rings (SSSR count). The second kappa shape index (κ2) is 12.7. The molecule has 0 unspecified atom stereocenters. The number of aliphatic imine (C=N–C) groups is 1. The van der Waals surface area contributed by atoms with E-state index in [0.29, 0.717) is 5.96 Å². The van der Waals surface area contributed by atoms with Crippen LogP contribution < -0.4 is 26.0 Å². The van der Waals surface area contributed by atoms with E-state index in [1.165, 1.54) is 0 Å². The number of nitrogens with one attached hydrogen (secondary N) is 4. The Morgan fingerprint density at radius 2 is 1.45 bits per heavy atom. The molecule has 2 amide bonds. The second-order valence-corrected chi connectivity index (χ2v) is 9.43. The minimum absolute atomic E-state index is 0. The molecule has 0 heterocycles. The maximum atomic E-state index is 12.1. The molecular formula is C22H38IN5O3. The zero-order chi connectivity index (χ0) is 22.9. The highest BCUT2D eigenvalue weighted by atomic mass is 127. The molecule has 31 heavy (non-hydrogen) atoms. The summed E-state index contributed by atoms with van der Waals surface area (Å²) in [4.78, 5) is 28.6. The van der Waals surface area contributed by atoms with Crippen LogP contribution in [-0.2, 0) is 9.59 Å². The van der Waals surface area contributed by atoms with Crippen LogP contribution in [0.3, 0.4) is 0 Å². The summed E-state index contributed by atoms with van der Waals surface area (Å²) in [5.41, 5.74) is 0.0826. The number of ether oxygens (including phenoxy) is 1. The van der Waals surface area contributed by atoms with E-state index in [2.05, 4.69) is 26.3 Å². The van der Waals surface area contributed by atoms with Crippen LogP contribution in [0.25, 0.3) is 0 Å². The Kier molecular flexibility index (Phi) is 11.9. The van der Waals surface area contributed by atoms with E-state index in [0.717, 1.165) is 11.4 Å². The van der Waals surface area contributed by atoms with Crippen molar-refractivity contribution in [3.05, 3.63) is 24.3 Å². The van der Waals surface area contributed by atoms with Gasteiger partial charge < -0.3 is 26.0 Å². The molecule has 0 radical (unpaired) electrons. The molecule has 0 saturated heterocycles. The van der Waals surface area contributed by atoms with E-state index in [9.17, 15) is 9.59 Å². The van der Waals surface area contributed by atoms with E-state index >= 15 is 0 Å². The molecule has 1 aromatic carbocycles. The standard InChI is InChI=1S/C22H37N5O3.HI/c1-15(2)30-17-11-9-16(10-12-17)25-20(23-13-18(28)26-21(3,4)5)24-14-19(29)27-22(6,7)8;/h9-12,15H,13-14H2,1-8H3,(H,26,28)(H,27,29)(H2,23,24,25);1H. The van der Waals surface area contributed by atoms with Gasteiger partial charge in [0, 0.05) is 16.8 Å². The van der Waals surface area contributed by atoms with Gasteiger partial charge in [-0.1, -0.05) is 0 Å². The first-order valence-electron chi connectivity index (χ1n) is 10.2. The van der Waals surface area contributed by atoms with Crippen molar-refractivity contribution < 1.29 is 14.3 Å². The first kappa shape index (κ1) is 29.0. The quantitative estimate of drug-likeness (QED) is 0.239. The van der Waals surface area contributed by atoms with Crippen LogP contribution >= 0.6 is 24.0 Å². The number of nitrogens with zero attached hydrogens (tertiary/aromatic N) is 1. The molecule has 8 nitrogen and oxygen atoms in total. The Hall–Kier alpha value is -2.04. The summed E-state index contributed by atoms with van der Waals surface area (Å²) in [5, 5.41) is 11.8. The van der Waals surface area contributed by atoms with Gasteiger partial charge in [-0.2, -0.15) is 0 Å². The summed E-state index contributed by atoms with van der Waals surface area (Å²) in [6.07, 6.45) is 0.0882. The van der Waals surface area contributed by atoms with Gasteiger partial charge in [0.2, 0.25) is 11.8 Å². The van der Waals surface area contributed by atoms with Crippen LogP contribution in [0.15, 0.2) is 29.3 Å². The average Bonchev–Trinajstić information content (AvgIpc) is 2.55. The van der Waals surface area contributed by atoms with Crippen molar-refractivity contribution in [2.24, 2.45) is 4.99 Å². The maximum absolute atomic E-state index is 12.1. The molecule has 0 spiro atoms. The average molecular weight is 547 g/mol. The highest BCUT2D eigenvalue weighted by molar-refractivity contribution is 14.0. The monoisotopic (exact) mass is 547 g/mol. The van der Waals surface area contributed by atoms with Gasteiger partial charge in [0.05, 0.1) is 12.6 Å². The Bertz CT molecular complexity index is 735. The van der Waals surface area contributed by atoms with Crippen molar-refractivity contribution in [1.82, 2.24) is 16.0 Å². The Morgan fingerprint density at radius 1 is 0.935 bits per heavy atom. The second-order valence-electron chi connectivity index (χ2n) is 9.43. The number of amides is 2. The molecular weight excluding hydrogens is 509 g/mol. The minimum Gasteiger partial charge on any atom is -0.491 e. The topological polar surface area (TPSA) is 104 Å². The number of guanidine groups is 1. The van der Waals surface area contributed by atoms with Crippen LogP contribution in [0.4, 0.5) is 5.69 Å². The lowest BCUT2D eigenvalue weighted by Gasteiger charge is -2.21. The normalized spacial score (nSPS) is 12.0. The molecule has 4 N–H and O–H groups in total. The molecule has 0 atom stereocenters. The Labute approximate surface area is 203 Å². The highest BCUT2D eigenvalue weighted by Crippen LogP contribution is 2.16. The molecule has 0 fully saturated rings. The number of hydrogen-bond donors (Lipinski definition) is 4. The molecule has 1 aromatic rings. The lowest BCUT2D eigenvalue weighted by molar-refractivity contribution is -0.122. The van der Waals surface area contributed by atoms with Gasteiger partial charge in [0.1, 0.15) is 12.3 Å². The zero-order valence-electron chi connectivity index (χ0n) is 19.9. The summed E-state index contributed by atoms with van der Waals surface area (Å²) in [5.74, 6) is 0.719. The third-order valence-corrected chi connectivity index (χ3v) is 3.31. The van der Waals surface area contributed by atoms with Crippen molar-refractivity contribution in [1.29, 1.82) is 0 Å². The van der Waals surface area contributed by atoms with Gasteiger partial charge in [-0.25, -0.2) is 4.99 Å². The number of halogens is 1. The largest absolute Gasteiger partial charge is 0.491 e. The van der Waals surface area contributed by atoms with E-state index in [1.807, 2.05) is 79.7 Å². The van der Waals surface area contributed by atoms with Crippen LogP contribution in [0, 0.1) is 0 Å². The predicted molar refractivity (Wildman–Crippen MR) is 137 cm³/mol. The first-order valence-corrected chi connectivity index (χ1v) is 10.2. The molecule has 9 heteroatoms. The number of carbonyl (C=O) groups excluding carboxylic acids is 2. The summed E-state index contributed by atoms with van der Waals surface area (Å²) < 4.78 is 5.65. The third-order valence-electron chi connectivity index (χ3n) is 3.31. The van der Waals surface area contributed by atoms with Crippen LogP contribution in [-0.4, -0.2) is 48.0 Å². The van der Waals surface area contributed by atoms with Crippen LogP contribution in [0.1, 0.15) is 55.4 Å². The lowest BCUT2D eigenvalue weighted by atomic mass is 10.1. The molecule has 0 bridgehead atoms. The smallest absolute Gasteiger partial charge is 0.242 e. The van der Waals surface area contributed by atoms with Gasteiger partial charge in [0.15, 0.2) is 5.96 Å². The molecule has 0 aliphatic carbocycles. The molecule has 0 aliphatic rings. The third kappa shape index (κ3) is 14.6. The van der Waals surface area contributed by atoms with Crippen molar-refractivity contribution in [3.8, 4) is 5.75 Å². The van der Waals surface area contributed by atoms with Crippen LogP contribution in [0.5, 0.6) is 5.75 Å². The summed E-state index contributed by atoms with van der Waals surface area (Å²) in [6, 6.07) is 7.38. The number of carbonyl (C=O) groups is 2. The Morgan fingerprint density at radius 3 is 1.94 bits per heavy atom. The van der Waals surface area contributed by atoms with E-state index in [-0.39, 0.29) is 66.1 Å². The number of benzene rings is 1. The number of anilines is 1. The fourth-order valence-corrected chi connectivity index (χ4v) is 2.40. The molecule has 0 aliphatic heterocycles. The predicted octanol–water partition coefficient (Wildman–Crippen LogP) is 3.28. The van der Waals surface area contributed by atoms with E-state index in [1.54, 1.807) is 0 Å². The van der Waals surface area contributed by atoms with Crippen molar-refractivity contribution in [3.63, 3.8) is 0 Å². The fraction of sp³-hybridized carbons (Fsp3) is 0.591. The molecule has 176 valence electrons. The zero-order valence-corrected chi connectivity index (χ0v) is 22.2. The van der Waals surface area contributed by atoms with Gasteiger partial charge in [-0.3, -0.25) is 9.59 Å². The number of hydrogen-bond acceptors (Lipinski definition) is 4. The van der Waals surface area contributed by atoms with Gasteiger partial charge in [-0.05, 0) is 79.7 Å². The first-order chi connectivity index (χ1) is 13.7. The van der Waals surface area contributed by atoms with Crippen molar-refractivity contribution in [2.45, 2.75) is 72.6 Å². The van der Waals surface area contributed by atoms with Gasteiger partial charge >= 0.3 is 0 Å². The summed E-state index contributed by atoms with van der Waals surface area (Å²) in [7, 11) is 0. The summed E-state index contributed by atoms with van der Waals surface area (Å²) in [6.45, 7) is 15.3. The van der Waals surface area contributed by atoms with Crippen molar-refractivity contribution >= 4 is 47.4 Å². The maximum Gasteiger partial charge on any atom is 0.242 e. The van der Waals surface area contributed by atoms with Gasteiger partial charge in [0.25, 0.3) is 0 Å². The highest BCUT2D eigenvalue weighted by Gasteiger charge is 2.15. The van der Waals surface area contributed by atoms with Crippen LogP contribution in [0.2, 0.25) is 0 Å². The SMILES string of the molecule is CC(C)Oc1ccc(NC(=NCC(=O)NC(C)(C)C)NCC(=O)NC(C)(C)C)cc1.I. The minimum atomic E-state index is -0.341. The molecule has 0 aromatic heterocycles. The van der Waals surface area contributed by atoms with E-state index < -0.39 is 0 Å². The van der Waals surface area contributed by atoms with E-state index in [4.69, 9.17) is 4.74 Å². The van der Waals surface area contributed by atoms with Crippen molar-refractivity contribution in [2.75, 3.05) is 18.4 Å². The fourth-order valence-electron chi connectivity index (χ4n) is 2.40.